The van der Waals surface area contributed by atoms with Gasteiger partial charge in [-0.1, -0.05) is 373 Å². The van der Waals surface area contributed by atoms with Crippen LogP contribution in [0.1, 0.15) is 406 Å². The van der Waals surface area contributed by atoms with Crippen LogP contribution in [0.25, 0.3) is 0 Å². The average molecular weight is 1090 g/mol. The van der Waals surface area contributed by atoms with E-state index >= 15 is 0 Å². The molecule has 1 amide bonds. The Morgan fingerprint density at radius 3 is 0.883 bits per heavy atom. The Labute approximate surface area is 482 Å². The molecular formula is C71H139NO5. The summed E-state index contributed by atoms with van der Waals surface area (Å²) in [4.78, 5) is 24.5. The fraction of sp³-hybridized carbons (Fsp3) is 0.944. The number of carbonyl (C=O) groups excluding carboxylic acids is 2. The van der Waals surface area contributed by atoms with E-state index in [9.17, 15) is 19.8 Å². The number of hydrogen-bond donors (Lipinski definition) is 3. The SMILES string of the molecule is CCCCCCCCCC/C=C/C(O)C(CO)NC(=O)CCCCCCCCCCCCCCCCCCCCCCCCCCCCCCCCCOC(=O)CCCCCCCCCCCCCCCCCCCCC. The predicted octanol–water partition coefficient (Wildman–Crippen LogP) is 22.8. The fourth-order valence-electron chi connectivity index (χ4n) is 11.4. The van der Waals surface area contributed by atoms with Crippen molar-refractivity contribution in [3.8, 4) is 0 Å². The summed E-state index contributed by atoms with van der Waals surface area (Å²) < 4.78 is 5.52. The highest BCUT2D eigenvalue weighted by Gasteiger charge is 2.18. The van der Waals surface area contributed by atoms with Crippen LogP contribution in [0.15, 0.2) is 12.2 Å². The van der Waals surface area contributed by atoms with E-state index in [1.165, 1.54) is 340 Å². The molecule has 2 unspecified atom stereocenters. The molecule has 458 valence electrons. The van der Waals surface area contributed by atoms with Gasteiger partial charge in [0.2, 0.25) is 5.91 Å². The van der Waals surface area contributed by atoms with Crippen molar-refractivity contribution in [1.29, 1.82) is 0 Å². The van der Waals surface area contributed by atoms with Crippen molar-refractivity contribution in [2.75, 3.05) is 13.2 Å². The van der Waals surface area contributed by atoms with E-state index in [1.807, 2.05) is 6.08 Å². The summed E-state index contributed by atoms with van der Waals surface area (Å²) in [5.74, 6) is -0.0377. The van der Waals surface area contributed by atoms with Crippen LogP contribution < -0.4 is 5.32 Å². The molecule has 0 aromatic heterocycles. The zero-order valence-corrected chi connectivity index (χ0v) is 52.5. The fourth-order valence-corrected chi connectivity index (χ4v) is 11.4. The highest BCUT2D eigenvalue weighted by atomic mass is 16.5. The Balaban J connectivity index is 3.28. The number of allylic oxidation sites excluding steroid dienone is 1. The van der Waals surface area contributed by atoms with Crippen molar-refractivity contribution in [1.82, 2.24) is 5.32 Å². The number of rotatable bonds is 67. The number of carbonyl (C=O) groups is 2. The number of esters is 1. The molecule has 6 nitrogen and oxygen atoms in total. The van der Waals surface area contributed by atoms with Crippen LogP contribution in [0, 0.1) is 0 Å². The van der Waals surface area contributed by atoms with E-state index < -0.39 is 12.1 Å². The first-order valence-electron chi connectivity index (χ1n) is 35.5. The molecule has 0 saturated carbocycles. The Bertz CT molecular complexity index is 1160. The molecule has 77 heavy (non-hydrogen) atoms. The molecule has 0 aliphatic rings. The topological polar surface area (TPSA) is 95.9 Å². The number of aliphatic hydroxyl groups excluding tert-OH is 2. The van der Waals surface area contributed by atoms with Crippen molar-refractivity contribution in [2.45, 2.75) is 418 Å². The van der Waals surface area contributed by atoms with Gasteiger partial charge in [0.1, 0.15) is 0 Å². The van der Waals surface area contributed by atoms with Crippen molar-refractivity contribution in [2.24, 2.45) is 0 Å². The van der Waals surface area contributed by atoms with E-state index in [2.05, 4.69) is 19.2 Å². The smallest absolute Gasteiger partial charge is 0.305 e. The van der Waals surface area contributed by atoms with E-state index in [4.69, 9.17) is 4.74 Å². The maximum atomic E-state index is 12.4. The number of unbranched alkanes of at least 4 members (excludes halogenated alkanes) is 56. The summed E-state index contributed by atoms with van der Waals surface area (Å²) in [6, 6.07) is -0.622. The number of nitrogens with one attached hydrogen (secondary N) is 1. The zero-order valence-electron chi connectivity index (χ0n) is 52.5. The molecule has 0 spiro atoms. The van der Waals surface area contributed by atoms with Crippen LogP contribution in [-0.4, -0.2) is 47.4 Å². The molecular weight excluding hydrogens is 947 g/mol. The first kappa shape index (κ1) is 75.6. The molecule has 0 aromatic rings. The van der Waals surface area contributed by atoms with Gasteiger partial charge in [-0.2, -0.15) is 0 Å². The number of amides is 1. The number of ether oxygens (including phenoxy) is 1. The molecule has 0 aliphatic heterocycles. The molecule has 0 saturated heterocycles. The molecule has 0 radical (unpaired) electrons. The molecule has 0 heterocycles. The number of aliphatic hydroxyl groups is 2. The maximum absolute atomic E-state index is 12.4. The molecule has 0 aliphatic carbocycles. The van der Waals surface area contributed by atoms with Gasteiger partial charge in [-0.3, -0.25) is 9.59 Å². The van der Waals surface area contributed by atoms with Crippen molar-refractivity contribution < 1.29 is 24.5 Å². The lowest BCUT2D eigenvalue weighted by atomic mass is 10.0. The minimum absolute atomic E-state index is 0.0260. The Morgan fingerprint density at radius 1 is 0.351 bits per heavy atom. The van der Waals surface area contributed by atoms with Gasteiger partial charge in [-0.15, -0.1) is 0 Å². The highest BCUT2D eigenvalue weighted by molar-refractivity contribution is 5.76. The first-order valence-corrected chi connectivity index (χ1v) is 35.5. The summed E-state index contributed by atoms with van der Waals surface area (Å²) in [7, 11) is 0. The summed E-state index contributed by atoms with van der Waals surface area (Å²) in [6.45, 7) is 4.93. The van der Waals surface area contributed by atoms with Gasteiger partial charge in [-0.05, 0) is 32.1 Å². The Hall–Kier alpha value is -1.40. The van der Waals surface area contributed by atoms with Crippen LogP contribution in [0.3, 0.4) is 0 Å². The highest BCUT2D eigenvalue weighted by Crippen LogP contribution is 2.19. The van der Waals surface area contributed by atoms with E-state index in [-0.39, 0.29) is 18.5 Å². The van der Waals surface area contributed by atoms with E-state index in [1.54, 1.807) is 6.08 Å². The van der Waals surface area contributed by atoms with Crippen LogP contribution >= 0.6 is 0 Å². The molecule has 0 bridgehead atoms. The van der Waals surface area contributed by atoms with Gasteiger partial charge in [0.25, 0.3) is 0 Å². The molecule has 6 heteroatoms. The summed E-state index contributed by atoms with van der Waals surface area (Å²) in [6.07, 6.45) is 83.2. The summed E-state index contributed by atoms with van der Waals surface area (Å²) >= 11 is 0. The van der Waals surface area contributed by atoms with Crippen LogP contribution in [0.2, 0.25) is 0 Å². The minimum Gasteiger partial charge on any atom is -0.466 e. The second kappa shape index (κ2) is 67.1. The van der Waals surface area contributed by atoms with Gasteiger partial charge in [0.15, 0.2) is 0 Å². The predicted molar refractivity (Wildman–Crippen MR) is 338 cm³/mol. The van der Waals surface area contributed by atoms with Gasteiger partial charge in [0.05, 0.1) is 25.4 Å². The lowest BCUT2D eigenvalue weighted by molar-refractivity contribution is -0.143. The third kappa shape index (κ3) is 63.6. The number of hydrogen-bond acceptors (Lipinski definition) is 5. The maximum Gasteiger partial charge on any atom is 0.305 e. The molecule has 2 atom stereocenters. The molecule has 0 fully saturated rings. The minimum atomic E-state index is -0.839. The Kier molecular flexibility index (Phi) is 65.9. The third-order valence-electron chi connectivity index (χ3n) is 16.8. The van der Waals surface area contributed by atoms with Crippen molar-refractivity contribution in [3.63, 3.8) is 0 Å². The van der Waals surface area contributed by atoms with Crippen LogP contribution in [0.5, 0.6) is 0 Å². The van der Waals surface area contributed by atoms with E-state index in [0.29, 0.717) is 19.4 Å². The average Bonchev–Trinajstić information content (AvgIpc) is 3.43. The Morgan fingerprint density at radius 2 is 0.597 bits per heavy atom. The van der Waals surface area contributed by atoms with Crippen molar-refractivity contribution in [3.05, 3.63) is 12.2 Å². The summed E-state index contributed by atoms with van der Waals surface area (Å²) in [5.41, 5.74) is 0. The molecule has 0 rings (SSSR count). The zero-order chi connectivity index (χ0) is 55.7. The lowest BCUT2D eigenvalue weighted by Gasteiger charge is -2.20. The second-order valence-corrected chi connectivity index (χ2v) is 24.6. The quantitative estimate of drug-likeness (QED) is 0.0320. The standard InChI is InChI=1S/C71H139NO5/c1-3-5-7-9-11-13-15-16-17-18-32-36-39-42-45-49-53-57-61-65-71(76)77-66-62-58-54-50-46-43-40-37-34-31-29-27-25-23-21-19-20-22-24-26-28-30-33-35-38-41-44-48-52-56-60-64-70(75)72-68(67-73)69(74)63-59-55-51-47-14-12-10-8-6-4-2/h59,63,68-69,73-74H,3-58,60-62,64-67H2,1-2H3,(H,72,75)/b63-59+. The second-order valence-electron chi connectivity index (χ2n) is 24.6. The molecule has 0 aromatic carbocycles. The van der Waals surface area contributed by atoms with Crippen molar-refractivity contribution >= 4 is 11.9 Å². The van der Waals surface area contributed by atoms with Gasteiger partial charge < -0.3 is 20.3 Å². The van der Waals surface area contributed by atoms with Gasteiger partial charge in [-0.25, -0.2) is 0 Å². The first-order chi connectivity index (χ1) is 38.0. The summed E-state index contributed by atoms with van der Waals surface area (Å²) in [5, 5.41) is 23.0. The van der Waals surface area contributed by atoms with Crippen LogP contribution in [-0.2, 0) is 14.3 Å². The van der Waals surface area contributed by atoms with Gasteiger partial charge in [0, 0.05) is 12.8 Å². The third-order valence-corrected chi connectivity index (χ3v) is 16.8. The van der Waals surface area contributed by atoms with Gasteiger partial charge >= 0.3 is 5.97 Å². The molecule has 3 N–H and O–H groups in total. The van der Waals surface area contributed by atoms with E-state index in [0.717, 1.165) is 38.5 Å². The monoisotopic (exact) mass is 1090 g/mol. The lowest BCUT2D eigenvalue weighted by Crippen LogP contribution is -2.45. The largest absolute Gasteiger partial charge is 0.466 e. The van der Waals surface area contributed by atoms with Crippen LogP contribution in [0.4, 0.5) is 0 Å². The normalized spacial score (nSPS) is 12.5.